The van der Waals surface area contributed by atoms with Crippen molar-refractivity contribution in [3.63, 3.8) is 0 Å². The zero-order valence-electron chi connectivity index (χ0n) is 13.4. The van der Waals surface area contributed by atoms with Crippen molar-refractivity contribution in [2.24, 2.45) is 0 Å². The highest BCUT2D eigenvalue weighted by molar-refractivity contribution is 7.54. The highest BCUT2D eigenvalue weighted by atomic mass is 31.2. The third-order valence-corrected chi connectivity index (χ3v) is 5.69. The monoisotopic (exact) mass is 319 g/mol. The van der Waals surface area contributed by atoms with E-state index in [0.717, 1.165) is 16.8 Å². The highest BCUT2D eigenvalue weighted by Gasteiger charge is 2.35. The van der Waals surface area contributed by atoms with Crippen LogP contribution in [0.2, 0.25) is 0 Å². The maximum absolute atomic E-state index is 12.9. The number of rotatable bonds is 6. The van der Waals surface area contributed by atoms with Crippen molar-refractivity contribution < 1.29 is 13.6 Å². The fraction of sp³-hybridized carbons (Fsp3) is 0.294. The molecule has 1 atom stereocenters. The third kappa shape index (κ3) is 3.58. The predicted molar refractivity (Wildman–Crippen MR) is 90.3 cm³/mol. The smallest absolute Gasteiger partial charge is 0.356 e. The van der Waals surface area contributed by atoms with Crippen LogP contribution in [0.1, 0.15) is 22.5 Å². The van der Waals surface area contributed by atoms with Gasteiger partial charge in [-0.25, -0.2) is 0 Å². The lowest BCUT2D eigenvalue weighted by Crippen LogP contribution is -2.14. The quantitative estimate of drug-likeness (QED) is 0.769. The van der Waals surface area contributed by atoms with Crippen molar-refractivity contribution in [2.75, 3.05) is 19.5 Å². The summed E-state index contributed by atoms with van der Waals surface area (Å²) in [7, 11) is -0.508. The molecule has 22 heavy (non-hydrogen) atoms. The molecule has 0 aliphatic heterocycles. The summed E-state index contributed by atoms with van der Waals surface area (Å²) in [6, 6.07) is 15.6. The van der Waals surface area contributed by atoms with Gasteiger partial charge in [0.25, 0.3) is 0 Å². The van der Waals surface area contributed by atoms with Crippen molar-refractivity contribution in [1.29, 1.82) is 0 Å². The van der Waals surface area contributed by atoms with Crippen LogP contribution < -0.4 is 5.32 Å². The lowest BCUT2D eigenvalue weighted by Gasteiger charge is -2.27. The molecule has 2 rings (SSSR count). The van der Waals surface area contributed by atoms with E-state index in [9.17, 15) is 4.57 Å². The summed E-state index contributed by atoms with van der Waals surface area (Å²) in [5, 5.41) is 3.32. The first kappa shape index (κ1) is 16.8. The van der Waals surface area contributed by atoms with Gasteiger partial charge in [0, 0.05) is 19.9 Å². The molecule has 0 aliphatic rings. The van der Waals surface area contributed by atoms with E-state index in [2.05, 4.69) is 11.4 Å². The molecule has 118 valence electrons. The summed E-state index contributed by atoms with van der Waals surface area (Å²) in [5.74, 6) is -0.565. The van der Waals surface area contributed by atoms with Gasteiger partial charge in [-0.3, -0.25) is 4.57 Å². The molecule has 0 aromatic heterocycles. The van der Waals surface area contributed by atoms with E-state index < -0.39 is 13.4 Å². The molecular weight excluding hydrogens is 297 g/mol. The molecule has 0 heterocycles. The Balaban J connectivity index is 2.43. The molecule has 0 aliphatic carbocycles. The van der Waals surface area contributed by atoms with Crippen LogP contribution in [0.4, 0.5) is 5.69 Å². The van der Waals surface area contributed by atoms with Crippen molar-refractivity contribution in [3.05, 3.63) is 65.2 Å². The summed E-state index contributed by atoms with van der Waals surface area (Å²) >= 11 is 0. The molecule has 4 nitrogen and oxygen atoms in total. The maximum Gasteiger partial charge on any atom is 0.356 e. The standard InChI is InChI=1S/C17H22NO3P/c1-13-10-11-16(14(2)12-13)18-17(22(19,20-3)21-4)15-8-6-5-7-9-15/h5-12,17-18H,1-4H3/t17-/m0/s1. The van der Waals surface area contributed by atoms with Crippen LogP contribution in [0.5, 0.6) is 0 Å². The van der Waals surface area contributed by atoms with E-state index in [4.69, 9.17) is 9.05 Å². The van der Waals surface area contributed by atoms with Gasteiger partial charge in [-0.2, -0.15) is 0 Å². The molecule has 0 spiro atoms. The van der Waals surface area contributed by atoms with Crippen molar-refractivity contribution in [1.82, 2.24) is 0 Å². The average Bonchev–Trinajstić information content (AvgIpc) is 2.54. The Kier molecular flexibility index (Phi) is 5.41. The van der Waals surface area contributed by atoms with E-state index in [1.54, 1.807) is 0 Å². The number of hydrogen-bond donors (Lipinski definition) is 1. The van der Waals surface area contributed by atoms with Gasteiger partial charge >= 0.3 is 7.60 Å². The van der Waals surface area contributed by atoms with Gasteiger partial charge in [0.05, 0.1) is 0 Å². The Morgan fingerprint density at radius 2 is 1.64 bits per heavy atom. The second-order valence-electron chi connectivity index (χ2n) is 5.18. The van der Waals surface area contributed by atoms with Crippen LogP contribution in [-0.2, 0) is 13.6 Å². The summed E-state index contributed by atoms with van der Waals surface area (Å²) in [6.07, 6.45) is 0. The molecule has 1 N–H and O–H groups in total. The Morgan fingerprint density at radius 1 is 1.00 bits per heavy atom. The molecule has 0 fully saturated rings. The van der Waals surface area contributed by atoms with Gasteiger partial charge in [-0.1, -0.05) is 48.0 Å². The van der Waals surface area contributed by atoms with Gasteiger partial charge < -0.3 is 14.4 Å². The Bertz CT molecular complexity index is 665. The lowest BCUT2D eigenvalue weighted by atomic mass is 10.1. The molecule has 0 radical (unpaired) electrons. The van der Waals surface area contributed by atoms with Crippen molar-refractivity contribution in [2.45, 2.75) is 19.6 Å². The maximum atomic E-state index is 12.9. The number of nitrogens with one attached hydrogen (secondary N) is 1. The van der Waals surface area contributed by atoms with E-state index in [0.29, 0.717) is 0 Å². The van der Waals surface area contributed by atoms with Crippen LogP contribution >= 0.6 is 7.60 Å². The summed E-state index contributed by atoms with van der Waals surface area (Å²) in [4.78, 5) is 0. The van der Waals surface area contributed by atoms with E-state index in [1.807, 2.05) is 56.3 Å². The minimum Gasteiger partial charge on any atom is -0.368 e. The van der Waals surface area contributed by atoms with Crippen LogP contribution in [0.15, 0.2) is 48.5 Å². The molecule has 0 bridgehead atoms. The second-order valence-corrected chi connectivity index (χ2v) is 7.51. The number of benzene rings is 2. The second kappa shape index (κ2) is 7.10. The molecule has 2 aromatic rings. The van der Waals surface area contributed by atoms with Crippen molar-refractivity contribution >= 4 is 13.3 Å². The van der Waals surface area contributed by atoms with Gasteiger partial charge in [-0.15, -0.1) is 0 Å². The fourth-order valence-electron chi connectivity index (χ4n) is 2.39. The summed E-state index contributed by atoms with van der Waals surface area (Å²) < 4.78 is 23.3. The van der Waals surface area contributed by atoms with Gasteiger partial charge in [0.1, 0.15) is 0 Å². The van der Waals surface area contributed by atoms with Crippen LogP contribution in [0, 0.1) is 13.8 Å². The van der Waals surface area contributed by atoms with Crippen LogP contribution in [-0.4, -0.2) is 14.2 Å². The Labute approximate surface area is 132 Å². The van der Waals surface area contributed by atoms with E-state index >= 15 is 0 Å². The van der Waals surface area contributed by atoms with Gasteiger partial charge in [-0.05, 0) is 31.0 Å². The SMILES string of the molecule is COP(=O)(OC)[C@H](Nc1ccc(C)cc1C)c1ccccc1. The summed E-state index contributed by atoms with van der Waals surface area (Å²) in [6.45, 7) is 4.06. The highest BCUT2D eigenvalue weighted by Crippen LogP contribution is 2.59. The van der Waals surface area contributed by atoms with E-state index in [1.165, 1.54) is 19.8 Å². The lowest BCUT2D eigenvalue weighted by molar-refractivity contribution is 0.268. The molecule has 0 saturated heterocycles. The molecule has 0 amide bonds. The first-order chi connectivity index (χ1) is 10.5. The number of aryl methyl sites for hydroxylation is 2. The largest absolute Gasteiger partial charge is 0.368 e. The van der Waals surface area contributed by atoms with Crippen LogP contribution in [0.3, 0.4) is 0 Å². The molecule has 5 heteroatoms. The predicted octanol–water partition coefficient (Wildman–Crippen LogP) is 4.90. The minimum absolute atomic E-state index is 0.565. The topological polar surface area (TPSA) is 47.6 Å². The van der Waals surface area contributed by atoms with Crippen LogP contribution in [0.25, 0.3) is 0 Å². The molecular formula is C17H22NO3P. The van der Waals surface area contributed by atoms with Gasteiger partial charge in [0.2, 0.25) is 0 Å². The third-order valence-electron chi connectivity index (χ3n) is 3.61. The average molecular weight is 319 g/mol. The first-order valence-corrected chi connectivity index (χ1v) is 8.71. The van der Waals surface area contributed by atoms with E-state index in [-0.39, 0.29) is 0 Å². The number of anilines is 1. The zero-order chi connectivity index (χ0) is 16.2. The van der Waals surface area contributed by atoms with Gasteiger partial charge in [0.15, 0.2) is 5.78 Å². The minimum atomic E-state index is -3.32. The Morgan fingerprint density at radius 3 is 2.18 bits per heavy atom. The normalized spacial score (nSPS) is 12.9. The molecule has 0 saturated carbocycles. The zero-order valence-corrected chi connectivity index (χ0v) is 14.3. The number of hydrogen-bond acceptors (Lipinski definition) is 4. The summed E-state index contributed by atoms with van der Waals surface area (Å²) in [5.41, 5.74) is 4.03. The molecule has 0 unspecified atom stereocenters. The first-order valence-electron chi connectivity index (χ1n) is 7.10. The fourth-order valence-corrected chi connectivity index (χ4v) is 3.79. The molecule has 2 aromatic carbocycles. The Hall–Kier alpha value is -1.61. The van der Waals surface area contributed by atoms with Crippen molar-refractivity contribution in [3.8, 4) is 0 Å².